The van der Waals surface area contributed by atoms with E-state index in [2.05, 4.69) is 3.63 Å². The molecule has 0 aliphatic carbocycles. The summed E-state index contributed by atoms with van der Waals surface area (Å²) in [5.74, 6) is -1.18. The van der Waals surface area contributed by atoms with Crippen LogP contribution in [0.25, 0.3) is 0 Å². The molecule has 3 heterocycles. The maximum Gasteiger partial charge on any atom is 0.410 e. The van der Waals surface area contributed by atoms with Crippen LogP contribution in [-0.4, -0.2) is 155 Å². The van der Waals surface area contributed by atoms with Crippen LogP contribution in [0.15, 0.2) is 72.8 Å². The van der Waals surface area contributed by atoms with Crippen molar-refractivity contribution in [1.29, 1.82) is 0 Å². The van der Waals surface area contributed by atoms with Crippen molar-refractivity contribution in [2.45, 2.75) is 142 Å². The van der Waals surface area contributed by atoms with Gasteiger partial charge in [-0.25, -0.2) is 24.0 Å². The van der Waals surface area contributed by atoms with Gasteiger partial charge in [-0.05, 0) is 153 Å². The summed E-state index contributed by atoms with van der Waals surface area (Å²) in [6.07, 6.45) is 6.15. The van der Waals surface area contributed by atoms with E-state index in [0.29, 0.717) is 62.9 Å². The molecule has 0 atom stereocenters. The van der Waals surface area contributed by atoms with Crippen molar-refractivity contribution in [2.75, 3.05) is 58.0 Å². The molecule has 3 saturated heterocycles. The highest BCUT2D eigenvalue weighted by molar-refractivity contribution is 7.99. The number of rotatable bonds is 10. The minimum atomic E-state index is -3.87. The standard InChI is InChI=1S/C18H27NO5S.2C17H23NO4.C2H6O5S2/c1-18(2,3)24-17(20)19-11-9-14(10-12-19)16-8-6-5-7-15(16)13-23-25(4,21)22;2*1-17(2,3)22-16(21)18-10-8-12(9-11-18)13-6-4-5-7-14(13)15(19)20;1-8(3,4)7-9(2,5)6/h5-8,14H,9-13H2,1-4H3;2*4-7,12H,8-11H2,1-3H3,(H,19,20);1-2H3. The van der Waals surface area contributed by atoms with Gasteiger partial charge >= 0.3 is 30.2 Å². The van der Waals surface area contributed by atoms with E-state index in [1.807, 2.05) is 111 Å². The molecular weight excluding hydrogens is 1070 g/mol. The number of piperidine rings is 3. The van der Waals surface area contributed by atoms with Crippen molar-refractivity contribution in [1.82, 2.24) is 14.7 Å². The van der Waals surface area contributed by atoms with E-state index < -0.39 is 59.1 Å². The number of benzene rings is 3. The number of likely N-dealkylation sites (tertiary alicyclic amines) is 3. The second-order valence-electron chi connectivity index (χ2n) is 22.2. The van der Waals surface area contributed by atoms with Gasteiger partial charge in [-0.2, -0.15) is 25.3 Å². The SMILES string of the molecule is CC(C)(C)OC(=O)N1CCC(c2ccccc2C(=O)O)CC1.CC(C)(C)OC(=O)N1CCC(c2ccccc2C(=O)O)CC1.CC(C)(C)OC(=O)N1CCC(c2ccccc2COS(C)(=O)=O)CC1.CS(=O)(=O)OS(C)(=O)=O. The lowest BCUT2D eigenvalue weighted by Gasteiger charge is -2.34. The Morgan fingerprint density at radius 1 is 0.449 bits per heavy atom. The maximum atomic E-state index is 12.2. The first-order valence-electron chi connectivity index (χ1n) is 25.4. The normalized spacial score (nSPS) is 16.2. The smallest absolute Gasteiger partial charge is 0.410 e. The summed E-state index contributed by atoms with van der Waals surface area (Å²) in [7, 11) is -11.2. The zero-order valence-electron chi connectivity index (χ0n) is 46.8. The Hall–Kier alpha value is -5.82. The van der Waals surface area contributed by atoms with Crippen LogP contribution < -0.4 is 0 Å². The Morgan fingerprint density at radius 2 is 0.718 bits per heavy atom. The molecule has 0 unspecified atom stereocenters. The first-order chi connectivity index (χ1) is 35.8. The number of carbonyl (C=O) groups is 5. The van der Waals surface area contributed by atoms with E-state index >= 15 is 0 Å². The van der Waals surface area contributed by atoms with Crippen LogP contribution in [0.5, 0.6) is 0 Å². The molecule has 3 amide bonds. The molecule has 78 heavy (non-hydrogen) atoms. The van der Waals surface area contributed by atoms with E-state index in [-0.39, 0.29) is 42.6 Å². The summed E-state index contributed by atoms with van der Waals surface area (Å²) in [6, 6.07) is 21.9. The average molecular weight is 1150 g/mol. The van der Waals surface area contributed by atoms with E-state index in [9.17, 15) is 59.4 Å². The van der Waals surface area contributed by atoms with Gasteiger partial charge in [-0.15, -0.1) is 3.63 Å². The van der Waals surface area contributed by atoms with Gasteiger partial charge in [0.1, 0.15) is 16.8 Å². The molecule has 3 aliphatic rings. The Balaban J connectivity index is 0.000000286. The van der Waals surface area contributed by atoms with Gasteiger partial charge in [0.2, 0.25) is 0 Å². The van der Waals surface area contributed by atoms with Crippen LogP contribution in [0, 0.1) is 0 Å². The van der Waals surface area contributed by atoms with E-state index in [4.69, 9.17) is 18.4 Å². The molecule has 3 aromatic rings. The number of hydrogen-bond acceptors (Lipinski definition) is 16. The molecule has 6 rings (SSSR count). The van der Waals surface area contributed by atoms with Gasteiger partial charge < -0.3 is 39.1 Å². The van der Waals surface area contributed by atoms with Crippen molar-refractivity contribution in [2.24, 2.45) is 0 Å². The second kappa shape index (κ2) is 28.4. The number of nitrogens with zero attached hydrogens (tertiary/aromatic N) is 3. The average Bonchev–Trinajstić information content (AvgIpc) is 3.31. The van der Waals surface area contributed by atoms with Crippen LogP contribution >= 0.6 is 0 Å². The molecule has 3 aliphatic heterocycles. The van der Waals surface area contributed by atoms with Crippen LogP contribution in [0.1, 0.15) is 162 Å². The first kappa shape index (κ1) is 66.5. The molecule has 24 heteroatoms. The predicted molar refractivity (Wildman–Crippen MR) is 293 cm³/mol. The van der Waals surface area contributed by atoms with Gasteiger partial charge in [0.05, 0.1) is 36.5 Å². The van der Waals surface area contributed by atoms with E-state index in [1.165, 1.54) is 0 Å². The number of carbonyl (C=O) groups excluding carboxylic acids is 3. The predicted octanol–water partition coefficient (Wildman–Crippen LogP) is 9.20. The topological polar surface area (TPSA) is 284 Å². The molecule has 2 N–H and O–H groups in total. The molecule has 0 saturated carbocycles. The fourth-order valence-corrected chi connectivity index (χ4v) is 10.8. The third kappa shape index (κ3) is 24.9. The second-order valence-corrected chi connectivity index (χ2v) is 27.2. The summed E-state index contributed by atoms with van der Waals surface area (Å²) in [6.45, 7) is 20.3. The zero-order chi connectivity index (χ0) is 59.0. The van der Waals surface area contributed by atoms with Crippen LogP contribution in [0.4, 0.5) is 14.4 Å². The number of ether oxygens (including phenoxy) is 3. The molecule has 0 bridgehead atoms. The van der Waals surface area contributed by atoms with Crippen molar-refractivity contribution in [3.05, 3.63) is 106 Å². The maximum absolute atomic E-state index is 12.2. The summed E-state index contributed by atoms with van der Waals surface area (Å²) in [4.78, 5) is 64.0. The number of hydrogen-bond donors (Lipinski definition) is 2. The third-order valence-electron chi connectivity index (χ3n) is 11.9. The largest absolute Gasteiger partial charge is 0.478 e. The quantitative estimate of drug-likeness (QED) is 0.141. The monoisotopic (exact) mass is 1150 g/mol. The molecule has 0 aromatic heterocycles. The number of carboxylic acids is 2. The minimum absolute atomic E-state index is 0.0429. The summed E-state index contributed by atoms with van der Waals surface area (Å²) < 4.78 is 87.4. The fourth-order valence-electron chi connectivity index (χ4n) is 8.65. The van der Waals surface area contributed by atoms with Crippen molar-refractivity contribution in [3.63, 3.8) is 0 Å². The Labute approximate surface area is 460 Å². The lowest BCUT2D eigenvalue weighted by molar-refractivity contribution is 0.0194. The van der Waals surface area contributed by atoms with E-state index in [0.717, 1.165) is 67.0 Å². The molecule has 3 fully saturated rings. The fraction of sp³-hybridized carbons (Fsp3) is 0.574. The van der Waals surface area contributed by atoms with Crippen LogP contribution in [0.2, 0.25) is 0 Å². The van der Waals surface area contributed by atoms with Crippen molar-refractivity contribution >= 4 is 60.6 Å². The van der Waals surface area contributed by atoms with Gasteiger partial charge in [-0.3, -0.25) is 4.18 Å². The third-order valence-corrected chi connectivity index (χ3v) is 14.4. The molecule has 3 aromatic carbocycles. The Morgan fingerprint density at radius 3 is 0.974 bits per heavy atom. The first-order valence-corrected chi connectivity index (χ1v) is 30.9. The van der Waals surface area contributed by atoms with Gasteiger partial charge in [0.15, 0.2) is 0 Å². The highest BCUT2D eigenvalue weighted by Gasteiger charge is 2.32. The molecule has 0 spiro atoms. The van der Waals surface area contributed by atoms with Gasteiger partial charge in [0.25, 0.3) is 30.4 Å². The minimum Gasteiger partial charge on any atom is -0.478 e. The molecule has 21 nitrogen and oxygen atoms in total. The number of carboxylic acid groups (broad SMARTS) is 2. The highest BCUT2D eigenvalue weighted by Crippen LogP contribution is 2.34. The summed E-state index contributed by atoms with van der Waals surface area (Å²) in [5, 5.41) is 18.6. The van der Waals surface area contributed by atoms with Crippen molar-refractivity contribution < 1.29 is 81.5 Å². The highest BCUT2D eigenvalue weighted by atomic mass is 32.3. The van der Waals surface area contributed by atoms with Gasteiger partial charge in [0, 0.05) is 39.3 Å². The lowest BCUT2D eigenvalue weighted by atomic mass is 9.86. The zero-order valence-corrected chi connectivity index (χ0v) is 49.3. The molecule has 0 radical (unpaired) electrons. The number of amides is 3. The van der Waals surface area contributed by atoms with Gasteiger partial charge in [-0.1, -0.05) is 60.7 Å². The summed E-state index contributed by atoms with van der Waals surface area (Å²) >= 11 is 0. The molecular formula is C54H79N3O18S3. The molecule has 436 valence electrons. The van der Waals surface area contributed by atoms with E-state index in [1.54, 1.807) is 39.0 Å². The van der Waals surface area contributed by atoms with Crippen molar-refractivity contribution in [3.8, 4) is 0 Å². The lowest BCUT2D eigenvalue weighted by Crippen LogP contribution is -2.41. The Kier molecular flexibility index (Phi) is 24.2. The summed E-state index contributed by atoms with van der Waals surface area (Å²) in [5.41, 5.74) is 2.92. The number of aromatic carboxylic acids is 2. The van der Waals surface area contributed by atoms with Crippen LogP contribution in [-0.2, 0) is 59.0 Å². The Bertz CT molecular complexity index is 2720. The van der Waals surface area contributed by atoms with Crippen LogP contribution in [0.3, 0.4) is 0 Å².